The first-order valence-corrected chi connectivity index (χ1v) is 13.0. The normalized spacial score (nSPS) is 11.9. The molecular weight excluding hydrogens is 456 g/mol. The molecule has 2 heteroatoms. The smallest absolute Gasteiger partial charge is 0.134 e. The number of thiophene rings is 1. The lowest BCUT2D eigenvalue weighted by molar-refractivity contribution is 0.616. The molecule has 0 atom stereocenters. The van der Waals surface area contributed by atoms with E-state index >= 15 is 0 Å². The van der Waals surface area contributed by atoms with Crippen LogP contribution < -0.4 is 0 Å². The van der Waals surface area contributed by atoms with Gasteiger partial charge in [-0.15, -0.1) is 11.3 Å². The molecule has 0 saturated heterocycles. The van der Waals surface area contributed by atoms with Gasteiger partial charge in [0.2, 0.25) is 0 Å². The van der Waals surface area contributed by atoms with E-state index in [0.29, 0.717) is 0 Å². The fraction of sp³-hybridized carbons (Fsp3) is 0. The standard InChI is InChI=1S/C34H20OS/c1-2-8-21(9-3-1)33-24-10-4-6-12-26(24)34(27-13-7-5-11-25(27)33)23-14-15-31-28(18-23)29-20-30-22(16-17-35-30)19-32(29)36-31/h1-20H. The highest BCUT2D eigenvalue weighted by atomic mass is 32.1. The lowest BCUT2D eigenvalue weighted by atomic mass is 9.86. The summed E-state index contributed by atoms with van der Waals surface area (Å²) in [5, 5.41) is 8.82. The molecule has 0 saturated carbocycles. The minimum absolute atomic E-state index is 0.940. The molecular formula is C34H20OS. The van der Waals surface area contributed by atoms with Crippen LogP contribution in [0.4, 0.5) is 0 Å². The summed E-state index contributed by atoms with van der Waals surface area (Å²) in [4.78, 5) is 0. The third-order valence-electron chi connectivity index (χ3n) is 7.33. The quantitative estimate of drug-likeness (QED) is 0.226. The summed E-state index contributed by atoms with van der Waals surface area (Å²) in [7, 11) is 0. The zero-order chi connectivity index (χ0) is 23.6. The molecule has 0 N–H and O–H groups in total. The Bertz CT molecular complexity index is 2040. The highest BCUT2D eigenvalue weighted by molar-refractivity contribution is 7.25. The van der Waals surface area contributed by atoms with Crippen LogP contribution in [0.3, 0.4) is 0 Å². The third kappa shape index (κ3) is 2.82. The molecule has 0 fully saturated rings. The molecule has 0 unspecified atom stereocenters. The van der Waals surface area contributed by atoms with Crippen molar-refractivity contribution in [1.82, 2.24) is 0 Å². The number of fused-ring (bicyclic) bond motifs is 6. The highest BCUT2D eigenvalue weighted by Crippen LogP contribution is 2.45. The van der Waals surface area contributed by atoms with Crippen LogP contribution in [0.15, 0.2) is 126 Å². The maximum Gasteiger partial charge on any atom is 0.134 e. The maximum atomic E-state index is 5.73. The number of furan rings is 1. The molecule has 0 aliphatic rings. The summed E-state index contributed by atoms with van der Waals surface area (Å²) in [6.07, 6.45) is 1.77. The first-order valence-electron chi connectivity index (χ1n) is 12.2. The van der Waals surface area contributed by atoms with Crippen molar-refractivity contribution in [3.63, 3.8) is 0 Å². The summed E-state index contributed by atoms with van der Waals surface area (Å²) in [6.45, 7) is 0. The van der Waals surface area contributed by atoms with Crippen LogP contribution in [0.2, 0.25) is 0 Å². The first-order chi connectivity index (χ1) is 17.8. The van der Waals surface area contributed by atoms with Gasteiger partial charge in [0.15, 0.2) is 0 Å². The van der Waals surface area contributed by atoms with Crippen molar-refractivity contribution in [2.24, 2.45) is 0 Å². The number of hydrogen-bond acceptors (Lipinski definition) is 2. The topological polar surface area (TPSA) is 13.1 Å². The third-order valence-corrected chi connectivity index (χ3v) is 8.46. The summed E-state index contributed by atoms with van der Waals surface area (Å²) in [6, 6.07) is 41.9. The fourth-order valence-electron chi connectivity index (χ4n) is 5.74. The van der Waals surface area contributed by atoms with Gasteiger partial charge in [0.25, 0.3) is 0 Å². The molecule has 0 radical (unpaired) electrons. The highest BCUT2D eigenvalue weighted by Gasteiger charge is 2.17. The molecule has 8 aromatic rings. The zero-order valence-corrected chi connectivity index (χ0v) is 20.2. The van der Waals surface area contributed by atoms with Crippen molar-refractivity contribution >= 4 is 64.0 Å². The van der Waals surface area contributed by atoms with Gasteiger partial charge in [-0.3, -0.25) is 0 Å². The molecule has 2 heterocycles. The Morgan fingerprint density at radius 1 is 0.444 bits per heavy atom. The molecule has 8 rings (SSSR count). The zero-order valence-electron chi connectivity index (χ0n) is 19.4. The van der Waals surface area contributed by atoms with Crippen molar-refractivity contribution < 1.29 is 4.42 Å². The molecule has 0 amide bonds. The van der Waals surface area contributed by atoms with E-state index in [2.05, 4.69) is 109 Å². The van der Waals surface area contributed by atoms with Gasteiger partial charge in [0, 0.05) is 25.6 Å². The average Bonchev–Trinajstić information content (AvgIpc) is 3.54. The SMILES string of the molecule is c1ccc(-c2c3ccccc3c(-c3ccc4sc5cc6ccoc6cc5c4c3)c3ccccc23)cc1. The van der Waals surface area contributed by atoms with E-state index in [1.165, 1.54) is 64.0 Å². The number of benzene rings is 6. The van der Waals surface area contributed by atoms with Gasteiger partial charge in [-0.1, -0.05) is 84.9 Å². The van der Waals surface area contributed by atoms with Crippen molar-refractivity contribution in [2.75, 3.05) is 0 Å². The van der Waals surface area contributed by atoms with Gasteiger partial charge in [-0.25, -0.2) is 0 Å². The second-order valence-electron chi connectivity index (χ2n) is 9.33. The predicted octanol–water partition coefficient (Wildman–Crippen LogP) is 10.4. The lowest BCUT2D eigenvalue weighted by Gasteiger charge is -2.17. The van der Waals surface area contributed by atoms with Gasteiger partial charge in [-0.2, -0.15) is 0 Å². The molecule has 0 aliphatic carbocycles. The van der Waals surface area contributed by atoms with E-state index in [9.17, 15) is 0 Å². The van der Waals surface area contributed by atoms with Gasteiger partial charge in [-0.05, 0) is 74.1 Å². The van der Waals surface area contributed by atoms with E-state index in [4.69, 9.17) is 4.42 Å². The van der Waals surface area contributed by atoms with Crippen molar-refractivity contribution in [3.05, 3.63) is 122 Å². The van der Waals surface area contributed by atoms with Gasteiger partial charge < -0.3 is 4.42 Å². The van der Waals surface area contributed by atoms with E-state index < -0.39 is 0 Å². The summed E-state index contributed by atoms with van der Waals surface area (Å²) in [5.41, 5.74) is 6.02. The van der Waals surface area contributed by atoms with Crippen molar-refractivity contribution in [2.45, 2.75) is 0 Å². The first kappa shape index (κ1) is 19.9. The predicted molar refractivity (Wildman–Crippen MR) is 155 cm³/mol. The number of rotatable bonds is 2. The molecule has 1 nitrogen and oxygen atoms in total. The Morgan fingerprint density at radius 3 is 1.75 bits per heavy atom. The maximum absolute atomic E-state index is 5.73. The van der Waals surface area contributed by atoms with E-state index in [1.807, 2.05) is 17.4 Å². The van der Waals surface area contributed by atoms with Gasteiger partial charge in [0.05, 0.1) is 6.26 Å². The molecule has 0 spiro atoms. The number of hydrogen-bond donors (Lipinski definition) is 0. The lowest BCUT2D eigenvalue weighted by Crippen LogP contribution is -1.90. The average molecular weight is 477 g/mol. The summed E-state index contributed by atoms with van der Waals surface area (Å²) in [5.74, 6) is 0. The minimum Gasteiger partial charge on any atom is -0.464 e. The van der Waals surface area contributed by atoms with Crippen LogP contribution in [0.25, 0.3) is 74.9 Å². The monoisotopic (exact) mass is 476 g/mol. The molecule has 0 bridgehead atoms. The van der Waals surface area contributed by atoms with E-state index in [-0.39, 0.29) is 0 Å². The van der Waals surface area contributed by atoms with Crippen LogP contribution in [-0.4, -0.2) is 0 Å². The van der Waals surface area contributed by atoms with Crippen LogP contribution in [0, 0.1) is 0 Å². The van der Waals surface area contributed by atoms with Gasteiger partial charge >= 0.3 is 0 Å². The molecule has 168 valence electrons. The van der Waals surface area contributed by atoms with Crippen LogP contribution in [0.5, 0.6) is 0 Å². The minimum atomic E-state index is 0.940. The summed E-state index contributed by atoms with van der Waals surface area (Å²) < 4.78 is 8.33. The molecule has 36 heavy (non-hydrogen) atoms. The largest absolute Gasteiger partial charge is 0.464 e. The Hall–Kier alpha value is -4.40. The Morgan fingerprint density at radius 2 is 1.06 bits per heavy atom. The van der Waals surface area contributed by atoms with Gasteiger partial charge in [0.1, 0.15) is 5.58 Å². The van der Waals surface area contributed by atoms with Crippen molar-refractivity contribution in [3.8, 4) is 22.3 Å². The van der Waals surface area contributed by atoms with E-state index in [0.717, 1.165) is 11.0 Å². The molecule has 2 aromatic heterocycles. The van der Waals surface area contributed by atoms with Crippen LogP contribution >= 0.6 is 11.3 Å². The van der Waals surface area contributed by atoms with Crippen LogP contribution in [0.1, 0.15) is 0 Å². The molecule has 0 aliphatic heterocycles. The second kappa shape index (κ2) is 7.55. The van der Waals surface area contributed by atoms with Crippen molar-refractivity contribution in [1.29, 1.82) is 0 Å². The second-order valence-corrected chi connectivity index (χ2v) is 10.4. The Labute approximate surface area is 211 Å². The van der Waals surface area contributed by atoms with Crippen LogP contribution in [-0.2, 0) is 0 Å². The fourth-order valence-corrected chi connectivity index (χ4v) is 6.86. The molecule has 6 aromatic carbocycles. The Kier molecular flexibility index (Phi) is 4.16. The Balaban J connectivity index is 1.49. The summed E-state index contributed by atoms with van der Waals surface area (Å²) >= 11 is 1.85. The van der Waals surface area contributed by atoms with E-state index in [1.54, 1.807) is 6.26 Å².